The average molecular weight is 201 g/mol. The molecule has 0 aliphatic rings. The van der Waals surface area contributed by atoms with E-state index in [1.165, 1.54) is 22.0 Å². The first-order chi connectivity index (χ1) is 7.02. The second kappa shape index (κ2) is 3.41. The van der Waals surface area contributed by atoms with E-state index in [1.807, 2.05) is 0 Å². The van der Waals surface area contributed by atoms with Crippen LogP contribution in [-0.2, 0) is 11.8 Å². The van der Waals surface area contributed by atoms with Crippen LogP contribution in [0.1, 0.15) is 38.8 Å². The number of hydrogen-bond donors (Lipinski definition) is 1. The number of aromatic nitrogens is 1. The van der Waals surface area contributed by atoms with Crippen molar-refractivity contribution in [1.82, 2.24) is 4.98 Å². The van der Waals surface area contributed by atoms with E-state index in [4.69, 9.17) is 0 Å². The lowest BCUT2D eigenvalue weighted by molar-refractivity contribution is 0.591. The molecule has 2 rings (SSSR count). The second-order valence-corrected chi connectivity index (χ2v) is 5.18. The van der Waals surface area contributed by atoms with Crippen LogP contribution in [0.5, 0.6) is 0 Å². The first-order valence-corrected chi connectivity index (χ1v) is 5.63. The number of benzene rings is 1. The minimum absolute atomic E-state index is 0.228. The molecule has 0 fully saturated rings. The summed E-state index contributed by atoms with van der Waals surface area (Å²) >= 11 is 0. The molecule has 0 saturated carbocycles. The van der Waals surface area contributed by atoms with Crippen LogP contribution >= 0.6 is 0 Å². The molecule has 0 saturated heterocycles. The third-order valence-electron chi connectivity index (χ3n) is 3.01. The van der Waals surface area contributed by atoms with Gasteiger partial charge in [0.15, 0.2) is 0 Å². The molecule has 80 valence electrons. The van der Waals surface area contributed by atoms with E-state index in [9.17, 15) is 0 Å². The van der Waals surface area contributed by atoms with E-state index >= 15 is 0 Å². The Labute approximate surface area is 91.5 Å². The lowest BCUT2D eigenvalue weighted by Crippen LogP contribution is -2.10. The first-order valence-electron chi connectivity index (χ1n) is 5.63. The Kier molecular flexibility index (Phi) is 2.34. The van der Waals surface area contributed by atoms with Crippen LogP contribution in [0, 0.1) is 0 Å². The minimum Gasteiger partial charge on any atom is -0.361 e. The summed E-state index contributed by atoms with van der Waals surface area (Å²) in [6, 6.07) is 6.76. The van der Waals surface area contributed by atoms with Gasteiger partial charge in [0.1, 0.15) is 0 Å². The Morgan fingerprint density at radius 3 is 2.53 bits per heavy atom. The predicted molar refractivity (Wildman–Crippen MR) is 66.4 cm³/mol. The largest absolute Gasteiger partial charge is 0.361 e. The Bertz CT molecular complexity index is 472. The molecule has 2 aromatic rings. The average Bonchev–Trinajstić information content (AvgIpc) is 2.58. The zero-order chi connectivity index (χ0) is 11.1. The van der Waals surface area contributed by atoms with Crippen LogP contribution in [0.15, 0.2) is 24.4 Å². The summed E-state index contributed by atoms with van der Waals surface area (Å²) in [5.41, 5.74) is 4.29. The predicted octanol–water partition coefficient (Wildman–Crippen LogP) is 4.03. The minimum atomic E-state index is 0.228. The van der Waals surface area contributed by atoms with Gasteiger partial charge in [0.2, 0.25) is 0 Å². The van der Waals surface area contributed by atoms with Gasteiger partial charge < -0.3 is 4.98 Å². The highest BCUT2D eigenvalue weighted by molar-refractivity contribution is 5.84. The number of H-pyrrole nitrogens is 1. The zero-order valence-corrected chi connectivity index (χ0v) is 10.0. The van der Waals surface area contributed by atoms with Crippen molar-refractivity contribution in [1.29, 1.82) is 0 Å². The molecule has 0 spiro atoms. The third kappa shape index (κ3) is 1.79. The fourth-order valence-electron chi connectivity index (χ4n) is 1.95. The summed E-state index contributed by atoms with van der Waals surface area (Å²) in [4.78, 5) is 3.35. The van der Waals surface area contributed by atoms with Gasteiger partial charge in [0, 0.05) is 17.1 Å². The monoisotopic (exact) mass is 201 g/mol. The van der Waals surface area contributed by atoms with Crippen LogP contribution in [0.4, 0.5) is 0 Å². The summed E-state index contributed by atoms with van der Waals surface area (Å²) in [7, 11) is 0. The van der Waals surface area contributed by atoms with Gasteiger partial charge in [-0.1, -0.05) is 39.8 Å². The van der Waals surface area contributed by atoms with E-state index in [-0.39, 0.29) is 5.41 Å². The highest BCUT2D eigenvalue weighted by Crippen LogP contribution is 2.27. The molecule has 1 aromatic heterocycles. The fraction of sp³-hybridized carbons (Fsp3) is 0.429. The summed E-state index contributed by atoms with van der Waals surface area (Å²) in [5, 5.41) is 1.37. The summed E-state index contributed by atoms with van der Waals surface area (Å²) in [6.45, 7) is 8.94. The molecule has 1 nitrogen and oxygen atoms in total. The van der Waals surface area contributed by atoms with E-state index in [2.05, 4.69) is 57.1 Å². The van der Waals surface area contributed by atoms with Gasteiger partial charge in [0.25, 0.3) is 0 Å². The van der Waals surface area contributed by atoms with Crippen molar-refractivity contribution in [3.8, 4) is 0 Å². The van der Waals surface area contributed by atoms with E-state index in [1.54, 1.807) is 0 Å². The van der Waals surface area contributed by atoms with Crippen LogP contribution < -0.4 is 0 Å². The van der Waals surface area contributed by atoms with Gasteiger partial charge >= 0.3 is 0 Å². The normalized spacial score (nSPS) is 12.3. The molecule has 1 N–H and O–H groups in total. The third-order valence-corrected chi connectivity index (χ3v) is 3.01. The van der Waals surface area contributed by atoms with Crippen molar-refractivity contribution in [2.24, 2.45) is 0 Å². The first kappa shape index (κ1) is 10.3. The molecule has 1 heteroatoms. The molecule has 1 heterocycles. The quantitative estimate of drug-likeness (QED) is 0.717. The topological polar surface area (TPSA) is 15.8 Å². The van der Waals surface area contributed by atoms with Crippen LogP contribution in [0.25, 0.3) is 10.9 Å². The molecule has 0 amide bonds. The Hall–Kier alpha value is -1.24. The van der Waals surface area contributed by atoms with Crippen LogP contribution in [0.2, 0.25) is 0 Å². The molecule has 0 unspecified atom stereocenters. The number of fused-ring (bicyclic) bond motifs is 1. The standard InChI is InChI=1S/C14H19N/c1-5-10-9-15-13-8-11(14(2,3)4)6-7-12(10)13/h6-9,15H,5H2,1-4H3. The van der Waals surface area contributed by atoms with Gasteiger partial charge in [-0.25, -0.2) is 0 Å². The van der Waals surface area contributed by atoms with Crippen molar-refractivity contribution >= 4 is 10.9 Å². The lowest BCUT2D eigenvalue weighted by atomic mass is 9.86. The fourth-order valence-corrected chi connectivity index (χ4v) is 1.95. The van der Waals surface area contributed by atoms with E-state index < -0.39 is 0 Å². The number of nitrogens with one attached hydrogen (secondary N) is 1. The maximum Gasteiger partial charge on any atom is 0.0459 e. The second-order valence-electron chi connectivity index (χ2n) is 5.18. The summed E-state index contributed by atoms with van der Waals surface area (Å²) < 4.78 is 0. The summed E-state index contributed by atoms with van der Waals surface area (Å²) in [5.74, 6) is 0. The van der Waals surface area contributed by atoms with Gasteiger partial charge in [-0.05, 0) is 29.0 Å². The number of rotatable bonds is 1. The Morgan fingerprint density at radius 2 is 1.93 bits per heavy atom. The van der Waals surface area contributed by atoms with Gasteiger partial charge in [-0.15, -0.1) is 0 Å². The molecule has 0 bridgehead atoms. The van der Waals surface area contributed by atoms with E-state index in [0.29, 0.717) is 0 Å². The smallest absolute Gasteiger partial charge is 0.0459 e. The zero-order valence-electron chi connectivity index (χ0n) is 10.0. The van der Waals surface area contributed by atoms with Crippen molar-refractivity contribution in [3.63, 3.8) is 0 Å². The highest BCUT2D eigenvalue weighted by atomic mass is 14.7. The summed E-state index contributed by atoms with van der Waals surface area (Å²) in [6.07, 6.45) is 3.21. The van der Waals surface area contributed by atoms with Crippen molar-refractivity contribution in [2.75, 3.05) is 0 Å². The maximum absolute atomic E-state index is 3.35. The molecular formula is C14H19N. The SMILES string of the molecule is CCc1c[nH]c2cc(C(C)(C)C)ccc12. The highest BCUT2D eigenvalue weighted by Gasteiger charge is 2.14. The van der Waals surface area contributed by atoms with Crippen molar-refractivity contribution < 1.29 is 0 Å². The maximum atomic E-state index is 3.35. The van der Waals surface area contributed by atoms with Crippen LogP contribution in [-0.4, -0.2) is 4.98 Å². The molecule has 0 atom stereocenters. The number of hydrogen-bond acceptors (Lipinski definition) is 0. The van der Waals surface area contributed by atoms with E-state index in [0.717, 1.165) is 6.42 Å². The van der Waals surface area contributed by atoms with Crippen LogP contribution in [0.3, 0.4) is 0 Å². The number of aromatic amines is 1. The number of aryl methyl sites for hydroxylation is 1. The van der Waals surface area contributed by atoms with Gasteiger partial charge in [0.05, 0.1) is 0 Å². The Morgan fingerprint density at radius 1 is 1.20 bits per heavy atom. The molecule has 0 radical (unpaired) electrons. The van der Waals surface area contributed by atoms with Gasteiger partial charge in [-0.2, -0.15) is 0 Å². The lowest BCUT2D eigenvalue weighted by Gasteiger charge is -2.18. The molecule has 15 heavy (non-hydrogen) atoms. The molecule has 0 aliphatic heterocycles. The van der Waals surface area contributed by atoms with Crippen molar-refractivity contribution in [2.45, 2.75) is 39.5 Å². The molecular weight excluding hydrogens is 182 g/mol. The van der Waals surface area contributed by atoms with Gasteiger partial charge in [-0.3, -0.25) is 0 Å². The molecule has 1 aromatic carbocycles. The molecule has 0 aliphatic carbocycles. The Balaban J connectivity index is 2.58. The van der Waals surface area contributed by atoms with Crippen molar-refractivity contribution in [3.05, 3.63) is 35.5 Å².